The number of hydrogen-bond donors (Lipinski definition) is 2. The third kappa shape index (κ3) is 5.83. The fourth-order valence-corrected chi connectivity index (χ4v) is 3.81. The van der Waals surface area contributed by atoms with Crippen molar-refractivity contribution in [3.05, 3.63) is 46.8 Å². The topological polar surface area (TPSA) is 57.5 Å². The normalized spacial score (nSPS) is 16.5. The maximum absolute atomic E-state index is 14.1. The zero-order valence-electron chi connectivity index (χ0n) is 18.0. The van der Waals surface area contributed by atoms with Crippen LogP contribution in [-0.2, 0) is 13.5 Å². The van der Waals surface area contributed by atoms with E-state index in [1.54, 1.807) is 0 Å². The molecule has 2 N–H and O–H groups in total. The molecule has 6 nitrogen and oxygen atoms in total. The first-order chi connectivity index (χ1) is 13.9. The van der Waals surface area contributed by atoms with Gasteiger partial charge in [-0.05, 0) is 51.3 Å². The first-order valence-electron chi connectivity index (χ1n) is 10.1. The van der Waals surface area contributed by atoms with Gasteiger partial charge < -0.3 is 15.5 Å². The summed E-state index contributed by atoms with van der Waals surface area (Å²) in [5.41, 5.74) is 3.90. The molecule has 2 heterocycles. The summed E-state index contributed by atoms with van der Waals surface area (Å²) < 4.78 is 29.1. The SMILES string of the molecule is CCNC(=NCCc1c(C)nn(C)c1C)NC1CCN(c2ccc(F)cc2F)C1.I. The van der Waals surface area contributed by atoms with E-state index >= 15 is 0 Å². The molecule has 1 atom stereocenters. The molecule has 30 heavy (non-hydrogen) atoms. The molecular weight excluding hydrogens is 501 g/mol. The zero-order valence-corrected chi connectivity index (χ0v) is 20.3. The van der Waals surface area contributed by atoms with Gasteiger partial charge in [0.25, 0.3) is 0 Å². The number of aryl methyl sites for hydroxylation is 2. The van der Waals surface area contributed by atoms with E-state index in [1.807, 2.05) is 30.5 Å². The average molecular weight is 532 g/mol. The van der Waals surface area contributed by atoms with Gasteiger partial charge in [0.1, 0.15) is 11.6 Å². The minimum atomic E-state index is -0.555. The van der Waals surface area contributed by atoms with Crippen LogP contribution in [0.25, 0.3) is 0 Å². The molecule has 1 aromatic carbocycles. The Morgan fingerprint density at radius 2 is 2.07 bits per heavy atom. The van der Waals surface area contributed by atoms with Crippen molar-refractivity contribution >= 4 is 35.6 Å². The van der Waals surface area contributed by atoms with Crippen molar-refractivity contribution in [2.24, 2.45) is 12.0 Å². The predicted molar refractivity (Wildman–Crippen MR) is 128 cm³/mol. The van der Waals surface area contributed by atoms with Crippen LogP contribution in [0.1, 0.15) is 30.3 Å². The summed E-state index contributed by atoms with van der Waals surface area (Å²) in [6.07, 6.45) is 1.70. The Morgan fingerprint density at radius 1 is 1.30 bits per heavy atom. The van der Waals surface area contributed by atoms with Gasteiger partial charge in [0.05, 0.1) is 11.4 Å². The van der Waals surface area contributed by atoms with Crippen molar-refractivity contribution in [2.75, 3.05) is 31.1 Å². The molecule has 9 heteroatoms. The minimum absolute atomic E-state index is 0. The van der Waals surface area contributed by atoms with Crippen LogP contribution in [-0.4, -0.2) is 48.0 Å². The van der Waals surface area contributed by atoms with E-state index in [4.69, 9.17) is 4.99 Å². The van der Waals surface area contributed by atoms with Gasteiger partial charge in [0.15, 0.2) is 5.96 Å². The van der Waals surface area contributed by atoms with Gasteiger partial charge in [-0.1, -0.05) is 0 Å². The van der Waals surface area contributed by atoms with Crippen molar-refractivity contribution < 1.29 is 8.78 Å². The maximum atomic E-state index is 14.1. The van der Waals surface area contributed by atoms with Gasteiger partial charge in [-0.25, -0.2) is 8.78 Å². The summed E-state index contributed by atoms with van der Waals surface area (Å²) in [6, 6.07) is 3.89. The summed E-state index contributed by atoms with van der Waals surface area (Å²) >= 11 is 0. The van der Waals surface area contributed by atoms with E-state index < -0.39 is 11.6 Å². The van der Waals surface area contributed by atoms with Gasteiger partial charge >= 0.3 is 0 Å². The Balaban J connectivity index is 0.00000320. The number of aromatic nitrogens is 2. The number of aliphatic imine (C=N–C) groups is 1. The molecule has 0 radical (unpaired) electrons. The lowest BCUT2D eigenvalue weighted by Gasteiger charge is -2.21. The second-order valence-corrected chi connectivity index (χ2v) is 7.46. The molecule has 0 saturated carbocycles. The van der Waals surface area contributed by atoms with Crippen molar-refractivity contribution in [2.45, 2.75) is 39.7 Å². The molecule has 1 aromatic heterocycles. The second-order valence-electron chi connectivity index (χ2n) is 7.46. The monoisotopic (exact) mass is 532 g/mol. The summed E-state index contributed by atoms with van der Waals surface area (Å²) in [4.78, 5) is 6.65. The highest BCUT2D eigenvalue weighted by Crippen LogP contribution is 2.24. The van der Waals surface area contributed by atoms with E-state index in [1.165, 1.54) is 23.4 Å². The van der Waals surface area contributed by atoms with E-state index in [0.717, 1.165) is 37.1 Å². The van der Waals surface area contributed by atoms with Crippen LogP contribution in [0.3, 0.4) is 0 Å². The summed E-state index contributed by atoms with van der Waals surface area (Å²) in [6.45, 7) is 8.91. The highest BCUT2D eigenvalue weighted by Gasteiger charge is 2.25. The fourth-order valence-electron chi connectivity index (χ4n) is 3.81. The van der Waals surface area contributed by atoms with Crippen LogP contribution >= 0.6 is 24.0 Å². The number of benzene rings is 1. The Hall–Kier alpha value is -1.91. The van der Waals surface area contributed by atoms with Crippen LogP contribution in [0, 0.1) is 25.5 Å². The van der Waals surface area contributed by atoms with Crippen molar-refractivity contribution in [1.82, 2.24) is 20.4 Å². The van der Waals surface area contributed by atoms with E-state index in [0.29, 0.717) is 25.3 Å². The van der Waals surface area contributed by atoms with Crippen LogP contribution in [0.5, 0.6) is 0 Å². The van der Waals surface area contributed by atoms with Gasteiger partial charge in [-0.3, -0.25) is 9.67 Å². The average Bonchev–Trinajstić information content (AvgIpc) is 3.21. The number of hydrogen-bond acceptors (Lipinski definition) is 3. The molecule has 1 saturated heterocycles. The number of rotatable bonds is 6. The smallest absolute Gasteiger partial charge is 0.191 e. The molecule has 2 aromatic rings. The van der Waals surface area contributed by atoms with E-state index in [-0.39, 0.29) is 30.0 Å². The van der Waals surface area contributed by atoms with Gasteiger partial charge in [0.2, 0.25) is 0 Å². The number of anilines is 1. The lowest BCUT2D eigenvalue weighted by Crippen LogP contribution is -2.44. The number of nitrogens with one attached hydrogen (secondary N) is 2. The zero-order chi connectivity index (χ0) is 21.0. The third-order valence-corrected chi connectivity index (χ3v) is 5.41. The molecule has 166 valence electrons. The first kappa shape index (κ1) is 24.4. The van der Waals surface area contributed by atoms with Gasteiger partial charge in [-0.15, -0.1) is 24.0 Å². The lowest BCUT2D eigenvalue weighted by molar-refractivity contribution is 0.580. The summed E-state index contributed by atoms with van der Waals surface area (Å²) in [5, 5.41) is 11.2. The van der Waals surface area contributed by atoms with Gasteiger partial charge in [-0.2, -0.15) is 5.10 Å². The fraction of sp³-hybridized carbons (Fsp3) is 0.524. The molecular formula is C21H31F2IN6. The molecule has 1 unspecified atom stereocenters. The standard InChI is InChI=1S/C21H30F2N6.HI/c1-5-24-21(25-10-8-18-14(2)27-28(4)15(18)3)26-17-9-11-29(13-17)20-7-6-16(22)12-19(20)23;/h6-7,12,17H,5,8-11,13H2,1-4H3,(H2,24,25,26);1H. The minimum Gasteiger partial charge on any atom is -0.367 e. The van der Waals surface area contributed by atoms with Crippen LogP contribution < -0.4 is 15.5 Å². The molecule has 0 spiro atoms. The Morgan fingerprint density at radius 3 is 2.70 bits per heavy atom. The molecule has 3 rings (SSSR count). The molecule has 1 fully saturated rings. The molecule has 0 bridgehead atoms. The van der Waals surface area contributed by atoms with Crippen LogP contribution in [0.2, 0.25) is 0 Å². The highest BCUT2D eigenvalue weighted by atomic mass is 127. The van der Waals surface area contributed by atoms with Crippen molar-refractivity contribution in [3.63, 3.8) is 0 Å². The van der Waals surface area contributed by atoms with E-state index in [9.17, 15) is 8.78 Å². The second kappa shape index (κ2) is 10.9. The third-order valence-electron chi connectivity index (χ3n) is 5.41. The van der Waals surface area contributed by atoms with E-state index in [2.05, 4.69) is 22.7 Å². The van der Waals surface area contributed by atoms with Crippen LogP contribution in [0.15, 0.2) is 23.2 Å². The summed E-state index contributed by atoms with van der Waals surface area (Å²) in [7, 11) is 1.95. The number of nitrogens with zero attached hydrogens (tertiary/aromatic N) is 4. The van der Waals surface area contributed by atoms with Crippen molar-refractivity contribution in [1.29, 1.82) is 0 Å². The Bertz CT molecular complexity index is 883. The molecule has 1 aliphatic rings. The predicted octanol–water partition coefficient (Wildman–Crippen LogP) is 3.31. The molecule has 0 aliphatic carbocycles. The number of guanidine groups is 1. The molecule has 1 aliphatic heterocycles. The quantitative estimate of drug-likeness (QED) is 0.341. The maximum Gasteiger partial charge on any atom is 0.191 e. The summed E-state index contributed by atoms with van der Waals surface area (Å²) in [5.74, 6) is -0.313. The largest absolute Gasteiger partial charge is 0.367 e. The molecule has 0 amide bonds. The van der Waals surface area contributed by atoms with Crippen molar-refractivity contribution in [3.8, 4) is 0 Å². The highest BCUT2D eigenvalue weighted by molar-refractivity contribution is 14.0. The lowest BCUT2D eigenvalue weighted by atomic mass is 10.1. The number of halogens is 3. The first-order valence-corrected chi connectivity index (χ1v) is 10.1. The Labute approximate surface area is 194 Å². The van der Waals surface area contributed by atoms with Gasteiger partial charge in [0, 0.05) is 51.0 Å². The van der Waals surface area contributed by atoms with Crippen LogP contribution in [0.4, 0.5) is 14.5 Å². The Kier molecular flexibility index (Phi) is 8.87.